The van der Waals surface area contributed by atoms with Gasteiger partial charge in [0.2, 0.25) is 5.91 Å². The number of amides is 1. The zero-order valence-corrected chi connectivity index (χ0v) is 20.7. The number of hydrogen-bond acceptors (Lipinski definition) is 10. The van der Waals surface area contributed by atoms with Crippen LogP contribution in [0.1, 0.15) is 12.7 Å². The molecule has 0 aliphatic heterocycles. The lowest BCUT2D eigenvalue weighted by molar-refractivity contribution is -0.384. The van der Waals surface area contributed by atoms with Crippen LogP contribution < -0.4 is 10.1 Å². The van der Waals surface area contributed by atoms with Crippen molar-refractivity contribution in [3.63, 3.8) is 0 Å². The molecule has 0 saturated carbocycles. The molecule has 176 valence electrons. The predicted molar refractivity (Wildman–Crippen MR) is 134 cm³/mol. The van der Waals surface area contributed by atoms with E-state index < -0.39 is 4.92 Å². The van der Waals surface area contributed by atoms with Gasteiger partial charge in [-0.1, -0.05) is 35.7 Å². The van der Waals surface area contributed by atoms with Gasteiger partial charge in [-0.25, -0.2) is 4.98 Å². The van der Waals surface area contributed by atoms with E-state index in [1.165, 1.54) is 37.1 Å². The Kier molecular flexibility index (Phi) is 7.65. The zero-order valence-electron chi connectivity index (χ0n) is 18.3. The van der Waals surface area contributed by atoms with Crippen molar-refractivity contribution < 1.29 is 14.5 Å². The van der Waals surface area contributed by atoms with Gasteiger partial charge in [0.25, 0.3) is 5.69 Å². The Morgan fingerprint density at radius 3 is 2.79 bits per heavy atom. The summed E-state index contributed by atoms with van der Waals surface area (Å²) in [6, 6.07) is 12.1. The van der Waals surface area contributed by atoms with Crippen LogP contribution in [0.3, 0.4) is 0 Å². The molecular formula is C21H20N6O4S3. The Hall–Kier alpha value is -3.16. The fraction of sp³-hybridized carbons (Fsp3) is 0.238. The van der Waals surface area contributed by atoms with Crippen LogP contribution in [0.15, 0.2) is 52.0 Å². The van der Waals surface area contributed by atoms with Gasteiger partial charge >= 0.3 is 0 Å². The Bertz CT molecular complexity index is 1310. The second kappa shape index (κ2) is 10.8. The average molecular weight is 517 g/mol. The summed E-state index contributed by atoms with van der Waals surface area (Å²) in [5, 5.41) is 22.9. The molecule has 1 N–H and O–H groups in total. The van der Waals surface area contributed by atoms with E-state index in [1.807, 2.05) is 29.7 Å². The third-order valence-corrected chi connectivity index (χ3v) is 7.85. The van der Waals surface area contributed by atoms with Crippen molar-refractivity contribution in [3.8, 4) is 5.75 Å². The van der Waals surface area contributed by atoms with Gasteiger partial charge in [0.1, 0.15) is 11.6 Å². The molecule has 34 heavy (non-hydrogen) atoms. The summed E-state index contributed by atoms with van der Waals surface area (Å²) in [7, 11) is 1.43. The number of nitrogens with zero attached hydrogens (tertiary/aromatic N) is 5. The van der Waals surface area contributed by atoms with Crippen molar-refractivity contribution in [2.75, 3.05) is 18.2 Å². The first-order valence-corrected chi connectivity index (χ1v) is 12.9. The SMILES string of the molecule is CCn1c(CSc2nc3ccccc3s2)nnc1SCC(=O)Nc1cc([N+](=O)[O-])ccc1OC. The molecule has 4 aromatic rings. The van der Waals surface area contributed by atoms with E-state index >= 15 is 0 Å². The van der Waals surface area contributed by atoms with Crippen LogP contribution in [0.2, 0.25) is 0 Å². The minimum atomic E-state index is -0.526. The Labute approximate surface area is 207 Å². The number of fused-ring (bicyclic) bond motifs is 1. The molecule has 0 aliphatic carbocycles. The molecule has 4 rings (SSSR count). The summed E-state index contributed by atoms with van der Waals surface area (Å²) in [5.41, 5.74) is 1.09. The molecule has 0 unspecified atom stereocenters. The number of nitro groups is 1. The number of carbonyl (C=O) groups excluding carboxylic acids is 1. The second-order valence-electron chi connectivity index (χ2n) is 6.86. The van der Waals surface area contributed by atoms with Crippen molar-refractivity contribution in [2.45, 2.75) is 28.7 Å². The van der Waals surface area contributed by atoms with Crippen LogP contribution in [0, 0.1) is 10.1 Å². The van der Waals surface area contributed by atoms with Crippen LogP contribution in [0.25, 0.3) is 10.2 Å². The average Bonchev–Trinajstić information content (AvgIpc) is 3.44. The smallest absolute Gasteiger partial charge is 0.271 e. The highest BCUT2D eigenvalue weighted by Crippen LogP contribution is 2.32. The summed E-state index contributed by atoms with van der Waals surface area (Å²) in [6.07, 6.45) is 0. The summed E-state index contributed by atoms with van der Waals surface area (Å²) in [4.78, 5) is 27.7. The molecule has 10 nitrogen and oxygen atoms in total. The van der Waals surface area contributed by atoms with Crippen molar-refractivity contribution in [1.82, 2.24) is 19.7 Å². The highest BCUT2D eigenvalue weighted by Gasteiger charge is 2.17. The molecule has 0 saturated heterocycles. The van der Waals surface area contributed by atoms with Crippen molar-refractivity contribution in [1.29, 1.82) is 0 Å². The molecule has 0 aliphatic rings. The van der Waals surface area contributed by atoms with Crippen LogP contribution >= 0.6 is 34.9 Å². The maximum absolute atomic E-state index is 12.5. The number of anilines is 1. The Morgan fingerprint density at radius 1 is 1.24 bits per heavy atom. The van der Waals surface area contributed by atoms with Gasteiger partial charge in [0.05, 0.1) is 39.4 Å². The van der Waals surface area contributed by atoms with Crippen LogP contribution in [0.5, 0.6) is 5.75 Å². The predicted octanol–water partition coefficient (Wildman–Crippen LogP) is 4.85. The highest BCUT2D eigenvalue weighted by molar-refractivity contribution is 8.00. The fourth-order valence-electron chi connectivity index (χ4n) is 3.11. The van der Waals surface area contributed by atoms with E-state index in [1.54, 1.807) is 23.1 Å². The lowest BCUT2D eigenvalue weighted by Gasteiger charge is -2.10. The lowest BCUT2D eigenvalue weighted by Crippen LogP contribution is -2.15. The number of rotatable bonds is 10. The highest BCUT2D eigenvalue weighted by atomic mass is 32.2. The third kappa shape index (κ3) is 5.48. The molecule has 0 fully saturated rings. The third-order valence-electron chi connectivity index (χ3n) is 4.71. The van der Waals surface area contributed by atoms with Gasteiger partial charge in [-0.2, -0.15) is 0 Å². The quantitative estimate of drug-likeness (QED) is 0.179. The topological polar surface area (TPSA) is 125 Å². The van der Waals surface area contributed by atoms with Gasteiger partial charge in [-0.05, 0) is 25.1 Å². The Morgan fingerprint density at radius 2 is 2.06 bits per heavy atom. The molecule has 1 amide bonds. The zero-order chi connectivity index (χ0) is 24.1. The van der Waals surface area contributed by atoms with Gasteiger partial charge in [-0.3, -0.25) is 14.9 Å². The molecule has 2 heterocycles. The van der Waals surface area contributed by atoms with Gasteiger partial charge in [-0.15, -0.1) is 21.5 Å². The number of nitro benzene ring substituents is 1. The second-order valence-corrected chi connectivity index (χ2v) is 10.1. The number of hydrogen-bond donors (Lipinski definition) is 1. The number of ether oxygens (including phenoxy) is 1. The number of non-ortho nitro benzene ring substituents is 1. The molecule has 13 heteroatoms. The summed E-state index contributed by atoms with van der Waals surface area (Å²) < 4.78 is 9.26. The van der Waals surface area contributed by atoms with E-state index in [2.05, 4.69) is 26.6 Å². The normalized spacial score (nSPS) is 11.0. The number of nitrogens with one attached hydrogen (secondary N) is 1. The molecule has 2 aromatic carbocycles. The molecule has 0 bridgehead atoms. The fourth-order valence-corrected chi connectivity index (χ4v) is 5.94. The lowest BCUT2D eigenvalue weighted by atomic mass is 10.2. The van der Waals surface area contributed by atoms with Gasteiger partial charge < -0.3 is 14.6 Å². The first-order chi connectivity index (χ1) is 16.5. The maximum Gasteiger partial charge on any atom is 0.271 e. The van der Waals surface area contributed by atoms with E-state index in [-0.39, 0.29) is 23.0 Å². The van der Waals surface area contributed by atoms with Crippen molar-refractivity contribution >= 4 is 62.4 Å². The molecular weight excluding hydrogens is 496 g/mol. The number of thioether (sulfide) groups is 2. The van der Waals surface area contributed by atoms with Crippen LogP contribution in [-0.2, 0) is 17.1 Å². The van der Waals surface area contributed by atoms with E-state index in [9.17, 15) is 14.9 Å². The van der Waals surface area contributed by atoms with E-state index in [4.69, 9.17) is 4.74 Å². The van der Waals surface area contributed by atoms with Crippen LogP contribution in [0.4, 0.5) is 11.4 Å². The number of para-hydroxylation sites is 1. The number of thiazole rings is 1. The first-order valence-electron chi connectivity index (χ1n) is 10.1. The molecule has 0 atom stereocenters. The van der Waals surface area contributed by atoms with Gasteiger partial charge in [0, 0.05) is 18.7 Å². The molecule has 0 radical (unpaired) electrons. The van der Waals surface area contributed by atoms with E-state index in [0.29, 0.717) is 23.2 Å². The largest absolute Gasteiger partial charge is 0.495 e. The van der Waals surface area contributed by atoms with Crippen LogP contribution in [-0.4, -0.2) is 43.4 Å². The van der Waals surface area contributed by atoms with Gasteiger partial charge in [0.15, 0.2) is 9.50 Å². The summed E-state index contributed by atoms with van der Waals surface area (Å²) in [6.45, 7) is 2.65. The van der Waals surface area contributed by atoms with Crippen molar-refractivity contribution in [2.24, 2.45) is 0 Å². The Balaban J connectivity index is 1.38. The number of carbonyl (C=O) groups is 1. The number of methoxy groups -OCH3 is 1. The maximum atomic E-state index is 12.5. The van der Waals surface area contributed by atoms with E-state index in [0.717, 1.165) is 20.4 Å². The molecule has 0 spiro atoms. The minimum absolute atomic E-state index is 0.0645. The first kappa shape index (κ1) is 24.0. The van der Waals surface area contributed by atoms with Crippen molar-refractivity contribution in [3.05, 3.63) is 58.4 Å². The summed E-state index contributed by atoms with van der Waals surface area (Å²) in [5.74, 6) is 1.48. The minimum Gasteiger partial charge on any atom is -0.495 e. The summed E-state index contributed by atoms with van der Waals surface area (Å²) >= 11 is 4.49. The number of benzene rings is 2. The molecule has 2 aromatic heterocycles. The standard InChI is InChI=1S/C21H20N6O4S3/c1-3-26-18(11-33-21-23-14-6-4-5-7-17(14)34-21)24-25-20(26)32-12-19(28)22-15-10-13(27(29)30)8-9-16(15)31-2/h4-10H,3,11-12H2,1-2H3,(H,22,28). The number of aromatic nitrogens is 4. The monoisotopic (exact) mass is 516 g/mol.